The van der Waals surface area contributed by atoms with Crippen molar-refractivity contribution in [3.63, 3.8) is 0 Å². The maximum atomic E-state index is 12.7. The van der Waals surface area contributed by atoms with E-state index in [1.807, 2.05) is 60.7 Å². The van der Waals surface area contributed by atoms with Gasteiger partial charge in [0.15, 0.2) is 0 Å². The molecule has 0 aliphatic heterocycles. The SMILES string of the molecule is CC(C)(C)OC(=O)N(CC(=O)Nc1ccc(OCc2ccccc2)cc1)Cc1ccccc1. The van der Waals surface area contributed by atoms with Crippen molar-refractivity contribution < 1.29 is 19.1 Å². The van der Waals surface area contributed by atoms with E-state index < -0.39 is 11.7 Å². The summed E-state index contributed by atoms with van der Waals surface area (Å²) in [5.41, 5.74) is 1.96. The maximum Gasteiger partial charge on any atom is 0.411 e. The highest BCUT2D eigenvalue weighted by Crippen LogP contribution is 2.18. The number of hydrogen-bond acceptors (Lipinski definition) is 4. The van der Waals surface area contributed by atoms with Crippen molar-refractivity contribution in [1.82, 2.24) is 4.90 Å². The van der Waals surface area contributed by atoms with Crippen LogP contribution in [0.2, 0.25) is 0 Å². The van der Waals surface area contributed by atoms with Crippen LogP contribution in [0, 0.1) is 0 Å². The highest BCUT2D eigenvalue weighted by molar-refractivity contribution is 5.93. The lowest BCUT2D eigenvalue weighted by atomic mass is 10.2. The van der Waals surface area contributed by atoms with E-state index in [0.717, 1.165) is 11.1 Å². The Balaban J connectivity index is 1.58. The van der Waals surface area contributed by atoms with E-state index in [1.54, 1.807) is 45.0 Å². The molecule has 0 bridgehead atoms. The largest absolute Gasteiger partial charge is 0.489 e. The van der Waals surface area contributed by atoms with Crippen LogP contribution in [0.4, 0.5) is 10.5 Å². The molecule has 172 valence electrons. The van der Waals surface area contributed by atoms with Gasteiger partial charge in [-0.05, 0) is 56.2 Å². The van der Waals surface area contributed by atoms with Gasteiger partial charge in [0.25, 0.3) is 0 Å². The molecule has 6 heteroatoms. The van der Waals surface area contributed by atoms with Gasteiger partial charge in [0, 0.05) is 12.2 Å². The van der Waals surface area contributed by atoms with E-state index in [0.29, 0.717) is 18.0 Å². The number of carbonyl (C=O) groups excluding carboxylic acids is 2. The molecule has 0 unspecified atom stereocenters. The minimum absolute atomic E-state index is 0.129. The molecule has 33 heavy (non-hydrogen) atoms. The van der Waals surface area contributed by atoms with Crippen molar-refractivity contribution in [3.8, 4) is 5.75 Å². The molecule has 0 saturated carbocycles. The van der Waals surface area contributed by atoms with Gasteiger partial charge in [-0.3, -0.25) is 9.69 Å². The Labute approximate surface area is 195 Å². The van der Waals surface area contributed by atoms with E-state index in [4.69, 9.17) is 9.47 Å². The van der Waals surface area contributed by atoms with Gasteiger partial charge in [0.1, 0.15) is 24.5 Å². The predicted molar refractivity (Wildman–Crippen MR) is 129 cm³/mol. The molecule has 2 amide bonds. The van der Waals surface area contributed by atoms with Crippen molar-refractivity contribution in [2.75, 3.05) is 11.9 Å². The van der Waals surface area contributed by atoms with Gasteiger partial charge in [-0.1, -0.05) is 60.7 Å². The molecular weight excluding hydrogens is 416 g/mol. The zero-order valence-electron chi connectivity index (χ0n) is 19.3. The first-order valence-corrected chi connectivity index (χ1v) is 10.9. The quantitative estimate of drug-likeness (QED) is 0.486. The highest BCUT2D eigenvalue weighted by Gasteiger charge is 2.24. The molecule has 3 rings (SSSR count). The van der Waals surface area contributed by atoms with E-state index in [1.165, 1.54) is 4.90 Å². The number of nitrogens with zero attached hydrogens (tertiary/aromatic N) is 1. The minimum atomic E-state index is -0.655. The van der Waals surface area contributed by atoms with Crippen molar-refractivity contribution in [3.05, 3.63) is 96.1 Å². The van der Waals surface area contributed by atoms with E-state index >= 15 is 0 Å². The van der Waals surface area contributed by atoms with Crippen molar-refractivity contribution >= 4 is 17.7 Å². The monoisotopic (exact) mass is 446 g/mol. The van der Waals surface area contributed by atoms with Gasteiger partial charge in [-0.25, -0.2) is 4.79 Å². The summed E-state index contributed by atoms with van der Waals surface area (Å²) in [5, 5.41) is 2.83. The summed E-state index contributed by atoms with van der Waals surface area (Å²) in [6, 6.07) is 26.5. The summed E-state index contributed by atoms with van der Waals surface area (Å²) in [4.78, 5) is 26.8. The molecule has 3 aromatic carbocycles. The number of anilines is 1. The van der Waals surface area contributed by atoms with Crippen molar-refractivity contribution in [1.29, 1.82) is 0 Å². The molecule has 0 fully saturated rings. The third kappa shape index (κ3) is 8.33. The van der Waals surface area contributed by atoms with Gasteiger partial charge in [-0.15, -0.1) is 0 Å². The first-order valence-electron chi connectivity index (χ1n) is 10.9. The molecule has 0 aliphatic rings. The molecule has 0 spiro atoms. The molecule has 0 saturated heterocycles. The fourth-order valence-electron chi connectivity index (χ4n) is 3.06. The Kier molecular flexibility index (Phi) is 8.08. The Morgan fingerprint density at radius 3 is 1.97 bits per heavy atom. The second-order valence-corrected chi connectivity index (χ2v) is 8.67. The van der Waals surface area contributed by atoms with Crippen LogP contribution in [0.1, 0.15) is 31.9 Å². The first kappa shape index (κ1) is 23.9. The van der Waals surface area contributed by atoms with Gasteiger partial charge in [0.05, 0.1) is 0 Å². The molecular formula is C27H30N2O4. The summed E-state index contributed by atoms with van der Waals surface area (Å²) in [5.74, 6) is 0.394. The molecule has 3 aromatic rings. The number of nitrogens with one attached hydrogen (secondary N) is 1. The molecule has 6 nitrogen and oxygen atoms in total. The molecule has 0 heterocycles. The molecule has 0 radical (unpaired) electrons. The lowest BCUT2D eigenvalue weighted by molar-refractivity contribution is -0.117. The van der Waals surface area contributed by atoms with Crippen LogP contribution in [0.5, 0.6) is 5.75 Å². The lowest BCUT2D eigenvalue weighted by Crippen LogP contribution is -2.40. The van der Waals surface area contributed by atoms with Crippen LogP contribution in [0.3, 0.4) is 0 Å². The van der Waals surface area contributed by atoms with Crippen LogP contribution < -0.4 is 10.1 Å². The summed E-state index contributed by atoms with van der Waals surface area (Å²) in [6.45, 7) is 6.01. The lowest BCUT2D eigenvalue weighted by Gasteiger charge is -2.27. The van der Waals surface area contributed by atoms with Crippen molar-refractivity contribution in [2.24, 2.45) is 0 Å². The molecule has 0 atom stereocenters. The standard InChI is InChI=1S/C27H30N2O4/c1-27(2,3)33-26(31)29(18-21-10-6-4-7-11-21)19-25(30)28-23-14-16-24(17-15-23)32-20-22-12-8-5-9-13-22/h4-17H,18-20H2,1-3H3,(H,28,30). The fourth-order valence-corrected chi connectivity index (χ4v) is 3.06. The van der Waals surface area contributed by atoms with Crippen LogP contribution >= 0.6 is 0 Å². The topological polar surface area (TPSA) is 67.9 Å². The zero-order chi connectivity index (χ0) is 23.7. The second kappa shape index (κ2) is 11.2. The van der Waals surface area contributed by atoms with Crippen LogP contribution in [-0.4, -0.2) is 29.0 Å². The summed E-state index contributed by atoms with van der Waals surface area (Å²) in [6.07, 6.45) is -0.536. The van der Waals surface area contributed by atoms with Gasteiger partial charge in [0.2, 0.25) is 5.91 Å². The maximum absolute atomic E-state index is 12.7. The van der Waals surface area contributed by atoms with E-state index in [2.05, 4.69) is 5.32 Å². The van der Waals surface area contributed by atoms with Gasteiger partial charge in [-0.2, -0.15) is 0 Å². The van der Waals surface area contributed by atoms with Gasteiger partial charge < -0.3 is 14.8 Å². The average Bonchev–Trinajstić information content (AvgIpc) is 2.78. The number of hydrogen-bond donors (Lipinski definition) is 1. The molecule has 0 aliphatic carbocycles. The first-order chi connectivity index (χ1) is 15.8. The Morgan fingerprint density at radius 1 is 0.818 bits per heavy atom. The Morgan fingerprint density at radius 2 is 1.39 bits per heavy atom. The van der Waals surface area contributed by atoms with Crippen LogP contribution in [-0.2, 0) is 22.7 Å². The van der Waals surface area contributed by atoms with Crippen LogP contribution in [0.15, 0.2) is 84.9 Å². The number of rotatable bonds is 8. The Hall–Kier alpha value is -3.80. The summed E-state index contributed by atoms with van der Waals surface area (Å²) < 4.78 is 11.3. The van der Waals surface area contributed by atoms with Crippen molar-refractivity contribution in [2.45, 2.75) is 39.5 Å². The number of amides is 2. The van der Waals surface area contributed by atoms with E-state index in [-0.39, 0.29) is 19.0 Å². The molecule has 1 N–H and O–H groups in total. The number of ether oxygens (including phenoxy) is 2. The highest BCUT2D eigenvalue weighted by atomic mass is 16.6. The summed E-state index contributed by atoms with van der Waals surface area (Å²) >= 11 is 0. The summed E-state index contributed by atoms with van der Waals surface area (Å²) in [7, 11) is 0. The Bertz CT molecular complexity index is 1030. The average molecular weight is 447 g/mol. The smallest absolute Gasteiger partial charge is 0.411 e. The number of benzene rings is 3. The normalized spacial score (nSPS) is 10.9. The fraction of sp³-hybridized carbons (Fsp3) is 0.259. The zero-order valence-corrected chi connectivity index (χ0v) is 19.3. The number of carbonyl (C=O) groups is 2. The second-order valence-electron chi connectivity index (χ2n) is 8.67. The van der Waals surface area contributed by atoms with Gasteiger partial charge >= 0.3 is 6.09 Å². The molecule has 0 aromatic heterocycles. The third-order valence-electron chi connectivity index (χ3n) is 4.59. The third-order valence-corrected chi connectivity index (χ3v) is 4.59. The minimum Gasteiger partial charge on any atom is -0.489 e. The van der Waals surface area contributed by atoms with E-state index in [9.17, 15) is 9.59 Å². The van der Waals surface area contributed by atoms with Crippen LogP contribution in [0.25, 0.3) is 0 Å². The predicted octanol–water partition coefficient (Wildman–Crippen LogP) is 5.64.